The summed E-state index contributed by atoms with van der Waals surface area (Å²) in [6, 6.07) is 16.1. The molecule has 0 aliphatic rings. The lowest BCUT2D eigenvalue weighted by molar-refractivity contribution is -0.142. The zero-order chi connectivity index (χ0) is 17.8. The van der Waals surface area contributed by atoms with E-state index in [-0.39, 0.29) is 0 Å². The van der Waals surface area contributed by atoms with Crippen LogP contribution in [-0.4, -0.2) is 37.7 Å². The maximum Gasteiger partial charge on any atom is 0.362 e. The van der Waals surface area contributed by atoms with Crippen LogP contribution in [0.4, 0.5) is 5.69 Å². The molecule has 0 amide bonds. The third kappa shape index (κ3) is 6.69. The molecule has 0 aromatic heterocycles. The van der Waals surface area contributed by atoms with E-state index < -0.39 is 29.9 Å². The van der Waals surface area contributed by atoms with E-state index in [1.807, 2.05) is 18.2 Å². The van der Waals surface area contributed by atoms with Gasteiger partial charge in [0.05, 0.1) is 19.9 Å². The Kier molecular flexibility index (Phi) is 8.23. The first kappa shape index (κ1) is 18.8. The molecule has 126 valence electrons. The molecule has 7 nitrogen and oxygen atoms in total. The van der Waals surface area contributed by atoms with Gasteiger partial charge in [-0.2, -0.15) is 5.10 Å². The third-order valence-electron chi connectivity index (χ3n) is 2.69. The maximum atomic E-state index is 12.0. The predicted molar refractivity (Wildman–Crippen MR) is 88.8 cm³/mol. The van der Waals surface area contributed by atoms with E-state index >= 15 is 0 Å². The number of ether oxygens (including phenoxy) is 2. The zero-order valence-electron chi connectivity index (χ0n) is 13.4. The molecule has 0 saturated heterocycles. The Labute approximate surface area is 139 Å². The second-order valence-corrected chi connectivity index (χ2v) is 4.38. The molecule has 0 radical (unpaired) electrons. The summed E-state index contributed by atoms with van der Waals surface area (Å²) in [6.07, 6.45) is -0.603. The van der Waals surface area contributed by atoms with Crippen LogP contribution < -0.4 is 5.43 Å². The van der Waals surface area contributed by atoms with Crippen LogP contribution in [0.2, 0.25) is 0 Å². The number of hydrogen-bond acceptors (Lipinski definition) is 7. The minimum absolute atomic E-state index is 0.520. The monoisotopic (exact) mass is 330 g/mol. The van der Waals surface area contributed by atoms with Gasteiger partial charge in [0.15, 0.2) is 0 Å². The lowest BCUT2D eigenvalue weighted by atomic mass is 10.2. The van der Waals surface area contributed by atoms with E-state index in [0.717, 1.165) is 14.2 Å². The van der Waals surface area contributed by atoms with Crippen LogP contribution >= 0.6 is 0 Å². The first-order valence-corrected chi connectivity index (χ1v) is 6.99. The first-order chi connectivity index (χ1) is 11.6. The number of nitrogens with zero attached hydrogens (tertiary/aromatic N) is 1. The molecule has 0 fully saturated rings. The number of carbonyl (C=O) groups excluding carboxylic acids is 3. The van der Waals surface area contributed by atoms with Crippen LogP contribution in [-0.2, 0) is 23.9 Å². The molecule has 0 aliphatic heterocycles. The quantitative estimate of drug-likeness (QED) is 0.370. The molecule has 0 heterocycles. The van der Waals surface area contributed by atoms with E-state index in [1.54, 1.807) is 36.4 Å². The minimum Gasteiger partial charge on any atom is -0.469 e. The Balaban J connectivity index is 3.06. The summed E-state index contributed by atoms with van der Waals surface area (Å²) in [4.78, 5) is 34.8. The third-order valence-corrected chi connectivity index (χ3v) is 2.69. The second kappa shape index (κ2) is 10.5. The molecule has 1 aromatic rings. The number of esters is 2. The number of rotatable bonds is 6. The van der Waals surface area contributed by atoms with Gasteiger partial charge in [-0.15, -0.1) is 0 Å². The van der Waals surface area contributed by atoms with Crippen molar-refractivity contribution in [3.8, 4) is 0 Å². The molecule has 0 atom stereocenters. The van der Waals surface area contributed by atoms with Gasteiger partial charge in [0.1, 0.15) is 6.42 Å². The highest BCUT2D eigenvalue weighted by molar-refractivity contribution is 6.65. The summed E-state index contributed by atoms with van der Waals surface area (Å²) >= 11 is 0. The van der Waals surface area contributed by atoms with Crippen molar-refractivity contribution in [1.82, 2.24) is 0 Å². The lowest BCUT2D eigenvalue weighted by Crippen LogP contribution is -2.28. The number of carbonyl (C=O) groups is 3. The normalized spacial score (nSPS) is 10.2. The summed E-state index contributed by atoms with van der Waals surface area (Å²) in [7, 11) is 2.26. The van der Waals surface area contributed by atoms with Gasteiger partial charge in [0.25, 0.3) is 0 Å². The van der Waals surface area contributed by atoms with Gasteiger partial charge in [-0.05, 0) is 12.1 Å². The van der Waals surface area contributed by atoms with E-state index in [2.05, 4.69) is 20.0 Å². The molecule has 0 bridgehead atoms. The average molecular weight is 330 g/mol. The molecule has 0 saturated carbocycles. The number of Topliss-reactive ketones (excluding diaryl/α,β-unsaturated/α-hetero) is 1. The van der Waals surface area contributed by atoms with Gasteiger partial charge in [-0.1, -0.05) is 42.5 Å². The van der Waals surface area contributed by atoms with Crippen LogP contribution in [0.3, 0.4) is 0 Å². The summed E-state index contributed by atoms with van der Waals surface area (Å²) in [5, 5.41) is 3.77. The van der Waals surface area contributed by atoms with Crippen molar-refractivity contribution in [3.63, 3.8) is 0 Å². The Bertz CT molecular complexity index is 659. The molecule has 1 aromatic carbocycles. The van der Waals surface area contributed by atoms with Gasteiger partial charge in [-0.3, -0.25) is 15.0 Å². The maximum absolute atomic E-state index is 12.0. The molecule has 1 rings (SSSR count). The smallest absolute Gasteiger partial charge is 0.362 e. The van der Waals surface area contributed by atoms with Crippen LogP contribution in [0.25, 0.3) is 0 Å². The summed E-state index contributed by atoms with van der Waals surface area (Å²) in [5.41, 5.74) is 2.61. The number of nitrogens with one attached hydrogen (secondary N) is 1. The fourth-order valence-corrected chi connectivity index (χ4v) is 1.50. The number of hydrogen-bond donors (Lipinski definition) is 1. The molecule has 0 aliphatic carbocycles. The number of methoxy groups -OCH3 is 2. The standard InChI is InChI=1S/C17H18N2O5/c1-23-15(21)12-14(20)16(17(22)24-2)19-18-13-10-8-6-4-3-5-7-9-11-13/h3-11,18H,12H2,1-2H3/b4-3?,5-3?,6-4?,7-5?,8-6?,9-7?,10-8?,11-9?,13-10?,13-11?,19-16+. The Hall–Kier alpha value is -3.22. The molecule has 24 heavy (non-hydrogen) atoms. The van der Waals surface area contributed by atoms with Crippen molar-refractivity contribution in [3.05, 3.63) is 54.6 Å². The second-order valence-electron chi connectivity index (χ2n) is 4.38. The first-order valence-electron chi connectivity index (χ1n) is 6.99. The fraction of sp³-hybridized carbons (Fsp3) is 0.176. The van der Waals surface area contributed by atoms with Crippen LogP contribution in [0.15, 0.2) is 59.7 Å². The van der Waals surface area contributed by atoms with E-state index in [1.165, 1.54) is 0 Å². The average Bonchev–Trinajstić information content (AvgIpc) is 2.59. The van der Waals surface area contributed by atoms with Crippen molar-refractivity contribution in [1.29, 1.82) is 0 Å². The van der Waals surface area contributed by atoms with Crippen molar-refractivity contribution in [2.45, 2.75) is 6.42 Å². The fourth-order valence-electron chi connectivity index (χ4n) is 1.50. The molecular formula is C17H18N2O5. The Morgan fingerprint density at radius 3 is 1.96 bits per heavy atom. The van der Waals surface area contributed by atoms with Gasteiger partial charge in [-0.25, -0.2) is 4.79 Å². The van der Waals surface area contributed by atoms with Crippen molar-refractivity contribution >= 4 is 29.1 Å². The number of ketones is 1. The minimum atomic E-state index is -0.945. The highest BCUT2D eigenvalue weighted by Gasteiger charge is 2.24. The molecule has 7 heteroatoms. The molecule has 0 unspecified atom stereocenters. The number of hydrazone groups is 1. The summed E-state index contributed by atoms with van der Waals surface area (Å²) in [5.74, 6) is -2.52. The SMILES string of the molecule is COC(=O)CC(=O)/C(=N\Nc1ccccccccc1)C(=O)OC. The molecular weight excluding hydrogens is 312 g/mol. The van der Waals surface area contributed by atoms with Crippen molar-refractivity contribution < 1.29 is 23.9 Å². The lowest BCUT2D eigenvalue weighted by Gasteiger charge is -2.04. The topological polar surface area (TPSA) is 94.1 Å². The molecule has 1 N–H and O–H groups in total. The van der Waals surface area contributed by atoms with Crippen LogP contribution in [0, 0.1) is 0 Å². The Morgan fingerprint density at radius 2 is 1.46 bits per heavy atom. The summed E-state index contributed by atoms with van der Waals surface area (Å²) in [6.45, 7) is 0. The van der Waals surface area contributed by atoms with Crippen LogP contribution in [0.5, 0.6) is 0 Å². The van der Waals surface area contributed by atoms with E-state index in [4.69, 9.17) is 0 Å². The van der Waals surface area contributed by atoms with Crippen LogP contribution in [0.1, 0.15) is 6.42 Å². The largest absolute Gasteiger partial charge is 0.469 e. The van der Waals surface area contributed by atoms with Crippen molar-refractivity contribution in [2.75, 3.05) is 19.6 Å². The summed E-state index contributed by atoms with van der Waals surface area (Å²) < 4.78 is 8.92. The van der Waals surface area contributed by atoms with Crippen molar-refractivity contribution in [2.24, 2.45) is 5.10 Å². The Morgan fingerprint density at radius 1 is 0.917 bits per heavy atom. The zero-order valence-corrected chi connectivity index (χ0v) is 13.4. The van der Waals surface area contributed by atoms with Gasteiger partial charge >= 0.3 is 11.9 Å². The predicted octanol–water partition coefficient (Wildman–Crippen LogP) is 1.88. The number of anilines is 1. The van der Waals surface area contributed by atoms with Gasteiger partial charge < -0.3 is 9.47 Å². The van der Waals surface area contributed by atoms with Gasteiger partial charge in [0.2, 0.25) is 11.5 Å². The van der Waals surface area contributed by atoms with E-state index in [9.17, 15) is 14.4 Å². The van der Waals surface area contributed by atoms with E-state index in [0.29, 0.717) is 5.69 Å². The highest BCUT2D eigenvalue weighted by Crippen LogP contribution is 2.03. The molecule has 0 spiro atoms. The van der Waals surface area contributed by atoms with Gasteiger partial charge in [0, 0.05) is 0 Å². The highest BCUT2D eigenvalue weighted by atomic mass is 16.5.